The summed E-state index contributed by atoms with van der Waals surface area (Å²) < 4.78 is 3.38. The standard InChI is InChI=1S/C12H16ClN5O/c1-4-18-6-5-10(15-18)12(19)16(2)8-11-9(13)7-14-17(11)3/h5-7H,4,8H2,1-3H3. The first-order chi connectivity index (χ1) is 9.02. The van der Waals surface area contributed by atoms with Gasteiger partial charge in [0.05, 0.1) is 23.5 Å². The van der Waals surface area contributed by atoms with Gasteiger partial charge in [0.15, 0.2) is 0 Å². The Balaban J connectivity index is 2.11. The predicted octanol–water partition coefficient (Wildman–Crippen LogP) is 1.56. The van der Waals surface area contributed by atoms with Crippen molar-refractivity contribution in [2.24, 2.45) is 7.05 Å². The molecule has 6 nitrogen and oxygen atoms in total. The molecule has 2 aromatic heterocycles. The molecule has 102 valence electrons. The molecule has 0 aliphatic heterocycles. The number of carbonyl (C=O) groups is 1. The van der Waals surface area contributed by atoms with Crippen molar-refractivity contribution in [2.75, 3.05) is 7.05 Å². The molecule has 0 saturated heterocycles. The van der Waals surface area contributed by atoms with Gasteiger partial charge in [0.2, 0.25) is 0 Å². The molecule has 0 bridgehead atoms. The normalized spacial score (nSPS) is 10.7. The average molecular weight is 282 g/mol. The lowest BCUT2D eigenvalue weighted by molar-refractivity contribution is 0.0775. The minimum absolute atomic E-state index is 0.135. The molecular formula is C12H16ClN5O. The number of carbonyl (C=O) groups excluding carboxylic acids is 1. The summed E-state index contributed by atoms with van der Waals surface area (Å²) in [5.74, 6) is -0.135. The van der Waals surface area contributed by atoms with Crippen LogP contribution in [0.3, 0.4) is 0 Å². The lowest BCUT2D eigenvalue weighted by Gasteiger charge is -2.16. The fourth-order valence-corrected chi connectivity index (χ4v) is 1.98. The molecule has 19 heavy (non-hydrogen) atoms. The smallest absolute Gasteiger partial charge is 0.274 e. The maximum absolute atomic E-state index is 12.2. The Hall–Kier alpha value is -1.82. The summed E-state index contributed by atoms with van der Waals surface area (Å²) >= 11 is 6.03. The van der Waals surface area contributed by atoms with Gasteiger partial charge >= 0.3 is 0 Å². The van der Waals surface area contributed by atoms with Gasteiger partial charge in [-0.3, -0.25) is 14.2 Å². The molecule has 0 aromatic carbocycles. The molecule has 0 aliphatic rings. The Morgan fingerprint density at radius 2 is 2.26 bits per heavy atom. The zero-order valence-electron chi connectivity index (χ0n) is 11.2. The highest BCUT2D eigenvalue weighted by molar-refractivity contribution is 6.31. The fraction of sp³-hybridized carbons (Fsp3) is 0.417. The maximum Gasteiger partial charge on any atom is 0.274 e. The van der Waals surface area contributed by atoms with Crippen molar-refractivity contribution >= 4 is 17.5 Å². The van der Waals surface area contributed by atoms with Crippen LogP contribution in [0.2, 0.25) is 5.02 Å². The van der Waals surface area contributed by atoms with Gasteiger partial charge in [-0.25, -0.2) is 0 Å². The molecule has 0 unspecified atom stereocenters. The molecule has 0 radical (unpaired) electrons. The summed E-state index contributed by atoms with van der Waals surface area (Å²) in [5.41, 5.74) is 1.23. The highest BCUT2D eigenvalue weighted by Gasteiger charge is 2.17. The van der Waals surface area contributed by atoms with E-state index >= 15 is 0 Å². The van der Waals surface area contributed by atoms with Crippen LogP contribution >= 0.6 is 11.6 Å². The van der Waals surface area contributed by atoms with Gasteiger partial charge in [-0.2, -0.15) is 10.2 Å². The van der Waals surface area contributed by atoms with E-state index in [-0.39, 0.29) is 5.91 Å². The zero-order valence-corrected chi connectivity index (χ0v) is 11.9. The van der Waals surface area contributed by atoms with E-state index < -0.39 is 0 Å². The van der Waals surface area contributed by atoms with Gasteiger partial charge in [-0.15, -0.1) is 0 Å². The molecule has 2 heterocycles. The minimum Gasteiger partial charge on any atom is -0.334 e. The number of amides is 1. The van der Waals surface area contributed by atoms with Gasteiger partial charge in [0.25, 0.3) is 5.91 Å². The third-order valence-corrected chi connectivity index (χ3v) is 3.24. The zero-order chi connectivity index (χ0) is 14.0. The number of hydrogen-bond acceptors (Lipinski definition) is 3. The highest BCUT2D eigenvalue weighted by Crippen LogP contribution is 2.16. The van der Waals surface area contributed by atoms with E-state index in [2.05, 4.69) is 10.2 Å². The Bertz CT molecular complexity index is 569. The van der Waals surface area contributed by atoms with Crippen molar-refractivity contribution in [2.45, 2.75) is 20.0 Å². The highest BCUT2D eigenvalue weighted by atomic mass is 35.5. The van der Waals surface area contributed by atoms with Crippen molar-refractivity contribution < 1.29 is 4.79 Å². The van der Waals surface area contributed by atoms with Crippen LogP contribution in [-0.2, 0) is 20.1 Å². The number of hydrogen-bond donors (Lipinski definition) is 0. The first kappa shape index (κ1) is 13.6. The second kappa shape index (κ2) is 5.44. The summed E-state index contributed by atoms with van der Waals surface area (Å²) in [7, 11) is 3.52. The number of halogens is 1. The van der Waals surface area contributed by atoms with E-state index in [1.807, 2.05) is 6.92 Å². The van der Waals surface area contributed by atoms with E-state index in [1.165, 1.54) is 0 Å². The molecule has 2 rings (SSSR count). The molecule has 0 fully saturated rings. The topological polar surface area (TPSA) is 56.0 Å². The molecule has 0 atom stereocenters. The Labute approximate surface area is 116 Å². The Kier molecular flexibility index (Phi) is 3.90. The molecule has 1 amide bonds. The minimum atomic E-state index is -0.135. The Morgan fingerprint density at radius 1 is 1.53 bits per heavy atom. The van der Waals surface area contributed by atoms with Crippen LogP contribution in [0.15, 0.2) is 18.5 Å². The summed E-state index contributed by atoms with van der Waals surface area (Å²) in [6.07, 6.45) is 3.36. The molecular weight excluding hydrogens is 266 g/mol. The monoisotopic (exact) mass is 281 g/mol. The van der Waals surface area contributed by atoms with E-state index in [0.29, 0.717) is 17.3 Å². The van der Waals surface area contributed by atoms with Crippen LogP contribution in [0.1, 0.15) is 23.1 Å². The first-order valence-electron chi connectivity index (χ1n) is 5.98. The lowest BCUT2D eigenvalue weighted by atomic mass is 10.3. The average Bonchev–Trinajstić information content (AvgIpc) is 2.99. The van der Waals surface area contributed by atoms with Gasteiger partial charge in [0, 0.05) is 26.8 Å². The van der Waals surface area contributed by atoms with Gasteiger partial charge in [0.1, 0.15) is 5.69 Å². The second-order valence-corrected chi connectivity index (χ2v) is 4.69. The third-order valence-electron chi connectivity index (χ3n) is 2.93. The summed E-state index contributed by atoms with van der Waals surface area (Å²) in [6.45, 7) is 3.11. The maximum atomic E-state index is 12.2. The summed E-state index contributed by atoms with van der Waals surface area (Å²) in [6, 6.07) is 1.72. The van der Waals surface area contributed by atoms with Crippen LogP contribution in [-0.4, -0.2) is 37.4 Å². The molecule has 0 spiro atoms. The third kappa shape index (κ3) is 2.78. The van der Waals surface area contributed by atoms with Gasteiger partial charge < -0.3 is 4.90 Å². The van der Waals surface area contributed by atoms with Crippen LogP contribution in [0.4, 0.5) is 0 Å². The molecule has 2 aromatic rings. The van der Waals surface area contributed by atoms with E-state index in [0.717, 1.165) is 12.2 Å². The molecule has 0 N–H and O–H groups in total. The van der Waals surface area contributed by atoms with E-state index in [1.54, 1.807) is 46.8 Å². The van der Waals surface area contributed by atoms with Crippen molar-refractivity contribution in [3.05, 3.63) is 34.9 Å². The number of aromatic nitrogens is 4. The quantitative estimate of drug-likeness (QED) is 0.855. The van der Waals surface area contributed by atoms with Crippen molar-refractivity contribution in [3.8, 4) is 0 Å². The number of nitrogens with zero attached hydrogens (tertiary/aromatic N) is 5. The SMILES string of the molecule is CCn1ccc(C(=O)N(C)Cc2c(Cl)cnn2C)n1. The molecule has 0 saturated carbocycles. The number of aryl methyl sites for hydroxylation is 2. The Morgan fingerprint density at radius 3 is 2.79 bits per heavy atom. The van der Waals surface area contributed by atoms with Crippen molar-refractivity contribution in [1.82, 2.24) is 24.5 Å². The molecule has 7 heteroatoms. The second-order valence-electron chi connectivity index (χ2n) is 4.28. The van der Waals surface area contributed by atoms with Crippen LogP contribution in [0, 0.1) is 0 Å². The lowest BCUT2D eigenvalue weighted by Crippen LogP contribution is -2.27. The predicted molar refractivity (Wildman–Crippen MR) is 71.9 cm³/mol. The van der Waals surface area contributed by atoms with Crippen LogP contribution in [0.5, 0.6) is 0 Å². The summed E-state index contributed by atoms with van der Waals surface area (Å²) in [5, 5.41) is 8.80. The van der Waals surface area contributed by atoms with Gasteiger partial charge in [-0.1, -0.05) is 11.6 Å². The largest absolute Gasteiger partial charge is 0.334 e. The van der Waals surface area contributed by atoms with Gasteiger partial charge in [-0.05, 0) is 13.0 Å². The number of rotatable bonds is 4. The van der Waals surface area contributed by atoms with Crippen molar-refractivity contribution in [3.63, 3.8) is 0 Å². The first-order valence-corrected chi connectivity index (χ1v) is 6.36. The molecule has 0 aliphatic carbocycles. The van der Waals surface area contributed by atoms with Crippen molar-refractivity contribution in [1.29, 1.82) is 0 Å². The summed E-state index contributed by atoms with van der Waals surface area (Å²) in [4.78, 5) is 13.8. The van der Waals surface area contributed by atoms with Crippen LogP contribution < -0.4 is 0 Å². The fourth-order valence-electron chi connectivity index (χ4n) is 1.76. The van der Waals surface area contributed by atoms with E-state index in [9.17, 15) is 4.79 Å². The van der Waals surface area contributed by atoms with E-state index in [4.69, 9.17) is 11.6 Å². The van der Waals surface area contributed by atoms with Crippen LogP contribution in [0.25, 0.3) is 0 Å².